The van der Waals surface area contributed by atoms with E-state index in [-0.39, 0.29) is 28.0 Å². The second-order valence-corrected chi connectivity index (χ2v) is 10.3. The molecule has 0 atom stereocenters. The fourth-order valence-corrected chi connectivity index (χ4v) is 5.49. The summed E-state index contributed by atoms with van der Waals surface area (Å²) in [4.78, 5) is 12.6. The summed E-state index contributed by atoms with van der Waals surface area (Å²) in [6.07, 6.45) is 1.05. The van der Waals surface area contributed by atoms with Gasteiger partial charge < -0.3 is 10.1 Å². The lowest BCUT2D eigenvalue weighted by Crippen LogP contribution is -2.42. The van der Waals surface area contributed by atoms with Crippen LogP contribution in [0.1, 0.15) is 11.1 Å². The zero-order valence-electron chi connectivity index (χ0n) is 18.7. The normalized spacial score (nSPS) is 11.4. The number of nitrogens with zero attached hydrogens (tertiary/aromatic N) is 1. The molecule has 0 saturated carbocycles. The molecular formula is C25H26Cl2N2O4S. The van der Waals surface area contributed by atoms with Gasteiger partial charge in [0.1, 0.15) is 10.6 Å². The predicted octanol–water partition coefficient (Wildman–Crippen LogP) is 4.59. The first kappa shape index (κ1) is 26.0. The maximum atomic E-state index is 13.4. The number of carbonyl (C=O) groups excluding carboxylic acids is 1. The van der Waals surface area contributed by atoms with Gasteiger partial charge in [0, 0.05) is 18.1 Å². The van der Waals surface area contributed by atoms with Crippen LogP contribution in [0.3, 0.4) is 0 Å². The Morgan fingerprint density at radius 1 is 0.941 bits per heavy atom. The molecule has 3 aromatic rings. The van der Waals surface area contributed by atoms with Gasteiger partial charge in [-0.1, -0.05) is 65.7 Å². The van der Waals surface area contributed by atoms with Gasteiger partial charge in [-0.05, 0) is 54.3 Å². The number of hydrogen-bond acceptors (Lipinski definition) is 4. The van der Waals surface area contributed by atoms with E-state index in [1.807, 2.05) is 54.6 Å². The van der Waals surface area contributed by atoms with E-state index in [1.54, 1.807) is 7.11 Å². The van der Waals surface area contributed by atoms with Gasteiger partial charge in [0.05, 0.1) is 18.7 Å². The van der Waals surface area contributed by atoms with Crippen molar-refractivity contribution in [2.45, 2.75) is 17.7 Å². The summed E-state index contributed by atoms with van der Waals surface area (Å²) in [6.45, 7) is 0.150. The number of hydrogen-bond donors (Lipinski definition) is 1. The average Bonchev–Trinajstić information content (AvgIpc) is 2.84. The van der Waals surface area contributed by atoms with Crippen molar-refractivity contribution in [3.05, 3.63) is 94.0 Å². The summed E-state index contributed by atoms with van der Waals surface area (Å²) in [5.41, 5.74) is 1.99. The topological polar surface area (TPSA) is 75.7 Å². The lowest BCUT2D eigenvalue weighted by Gasteiger charge is -2.22. The molecule has 0 spiro atoms. The Bertz CT molecular complexity index is 1200. The molecule has 0 aliphatic heterocycles. The number of ether oxygens (including phenoxy) is 1. The molecule has 0 aromatic heterocycles. The molecule has 180 valence electrons. The van der Waals surface area contributed by atoms with Gasteiger partial charge in [-0.15, -0.1) is 0 Å². The number of halogens is 2. The van der Waals surface area contributed by atoms with Crippen LogP contribution in [0.25, 0.3) is 0 Å². The van der Waals surface area contributed by atoms with Gasteiger partial charge in [-0.3, -0.25) is 4.79 Å². The third-order valence-corrected chi connectivity index (χ3v) is 7.78. The molecule has 0 heterocycles. The number of nitrogens with one attached hydrogen (secondary N) is 1. The van der Waals surface area contributed by atoms with Crippen LogP contribution in [0, 0.1) is 0 Å². The first-order valence-corrected chi connectivity index (χ1v) is 12.9. The summed E-state index contributed by atoms with van der Waals surface area (Å²) in [5.74, 6) is 0.357. The molecule has 3 aromatic carbocycles. The highest BCUT2D eigenvalue weighted by molar-refractivity contribution is 7.89. The first-order valence-electron chi connectivity index (χ1n) is 10.7. The molecule has 0 radical (unpaired) electrons. The lowest BCUT2D eigenvalue weighted by atomic mass is 10.1. The first-order chi connectivity index (χ1) is 16.3. The molecule has 1 N–H and O–H groups in total. The molecule has 0 aliphatic carbocycles. The molecule has 1 amide bonds. The minimum Gasteiger partial charge on any atom is -0.497 e. The van der Waals surface area contributed by atoms with Crippen molar-refractivity contribution in [3.63, 3.8) is 0 Å². The molecule has 3 rings (SSSR count). The smallest absolute Gasteiger partial charge is 0.245 e. The Morgan fingerprint density at radius 2 is 1.62 bits per heavy atom. The minimum absolute atomic E-state index is 0.0500. The third kappa shape index (κ3) is 7.21. The summed E-state index contributed by atoms with van der Waals surface area (Å²) in [6, 6.07) is 21.3. The molecule has 0 fully saturated rings. The van der Waals surface area contributed by atoms with E-state index in [1.165, 1.54) is 18.2 Å². The van der Waals surface area contributed by atoms with E-state index in [2.05, 4.69) is 5.32 Å². The molecule has 34 heavy (non-hydrogen) atoms. The zero-order chi connectivity index (χ0) is 24.6. The number of benzene rings is 3. The predicted molar refractivity (Wildman–Crippen MR) is 135 cm³/mol. The Labute approximate surface area is 210 Å². The number of rotatable bonds is 11. The molecule has 6 nitrogen and oxygen atoms in total. The molecular weight excluding hydrogens is 495 g/mol. The fraction of sp³-hybridized carbons (Fsp3) is 0.240. The van der Waals surface area contributed by atoms with Crippen LogP contribution in [0.2, 0.25) is 10.0 Å². The summed E-state index contributed by atoms with van der Waals surface area (Å²) in [7, 11) is -2.46. The molecule has 9 heteroatoms. The van der Waals surface area contributed by atoms with Crippen molar-refractivity contribution in [2.75, 3.05) is 26.7 Å². The highest BCUT2D eigenvalue weighted by Crippen LogP contribution is 2.28. The van der Waals surface area contributed by atoms with Crippen LogP contribution in [0.15, 0.2) is 77.7 Å². The Balaban J connectivity index is 1.70. The SMILES string of the molecule is COc1ccc(CCNC(=O)CN(CCc2ccccc2)S(=O)(=O)c2cc(Cl)ccc2Cl)cc1. The van der Waals surface area contributed by atoms with Crippen LogP contribution in [0.5, 0.6) is 5.75 Å². The van der Waals surface area contributed by atoms with E-state index in [4.69, 9.17) is 27.9 Å². The van der Waals surface area contributed by atoms with Crippen molar-refractivity contribution in [1.82, 2.24) is 9.62 Å². The monoisotopic (exact) mass is 520 g/mol. The third-order valence-electron chi connectivity index (χ3n) is 5.22. The van der Waals surface area contributed by atoms with Crippen molar-refractivity contribution < 1.29 is 17.9 Å². The second kappa shape index (κ2) is 12.2. The van der Waals surface area contributed by atoms with E-state index in [0.29, 0.717) is 19.4 Å². The van der Waals surface area contributed by atoms with Gasteiger partial charge in [0.2, 0.25) is 15.9 Å². The molecule has 0 aliphatic rings. The maximum Gasteiger partial charge on any atom is 0.245 e. The zero-order valence-corrected chi connectivity index (χ0v) is 21.0. The van der Waals surface area contributed by atoms with Crippen LogP contribution >= 0.6 is 23.2 Å². The summed E-state index contributed by atoms with van der Waals surface area (Å²) in [5, 5.41) is 3.10. The highest BCUT2D eigenvalue weighted by Gasteiger charge is 2.28. The fourth-order valence-electron chi connectivity index (χ4n) is 3.35. The second-order valence-electron chi connectivity index (χ2n) is 7.60. The molecule has 0 bridgehead atoms. The van der Waals surface area contributed by atoms with E-state index >= 15 is 0 Å². The van der Waals surface area contributed by atoms with Gasteiger partial charge in [-0.2, -0.15) is 4.31 Å². The van der Waals surface area contributed by atoms with E-state index in [0.717, 1.165) is 21.2 Å². The largest absolute Gasteiger partial charge is 0.497 e. The Kier molecular flexibility index (Phi) is 9.36. The minimum atomic E-state index is -4.06. The van der Waals surface area contributed by atoms with E-state index in [9.17, 15) is 13.2 Å². The van der Waals surface area contributed by atoms with Crippen LogP contribution < -0.4 is 10.1 Å². The standard InChI is InChI=1S/C25H26Cl2N2O4S/c1-33-22-10-7-20(8-11-22)13-15-28-25(30)18-29(16-14-19-5-3-2-4-6-19)34(31,32)24-17-21(26)9-12-23(24)27/h2-12,17H,13-16,18H2,1H3,(H,28,30). The molecule has 0 saturated heterocycles. The number of methoxy groups -OCH3 is 1. The van der Waals surface area contributed by atoms with Crippen LogP contribution in [-0.2, 0) is 27.7 Å². The number of sulfonamides is 1. The van der Waals surface area contributed by atoms with E-state index < -0.39 is 15.9 Å². The van der Waals surface area contributed by atoms with Crippen molar-refractivity contribution in [3.8, 4) is 5.75 Å². The Hall–Kier alpha value is -2.58. The lowest BCUT2D eigenvalue weighted by molar-refractivity contribution is -0.121. The van der Waals surface area contributed by atoms with Gasteiger partial charge in [0.25, 0.3) is 0 Å². The van der Waals surface area contributed by atoms with Gasteiger partial charge >= 0.3 is 0 Å². The van der Waals surface area contributed by atoms with Gasteiger partial charge in [-0.25, -0.2) is 8.42 Å². The van der Waals surface area contributed by atoms with Gasteiger partial charge in [0.15, 0.2) is 0 Å². The quantitative estimate of drug-likeness (QED) is 0.401. The average molecular weight is 521 g/mol. The van der Waals surface area contributed by atoms with Crippen molar-refractivity contribution >= 4 is 39.1 Å². The number of amides is 1. The summed E-state index contributed by atoms with van der Waals surface area (Å²) < 4.78 is 33.1. The number of carbonyl (C=O) groups is 1. The Morgan fingerprint density at radius 3 is 2.29 bits per heavy atom. The summed E-state index contributed by atoms with van der Waals surface area (Å²) >= 11 is 12.2. The molecule has 0 unspecified atom stereocenters. The maximum absolute atomic E-state index is 13.4. The van der Waals surface area contributed by atoms with Crippen LogP contribution in [0.4, 0.5) is 0 Å². The van der Waals surface area contributed by atoms with Crippen molar-refractivity contribution in [1.29, 1.82) is 0 Å². The highest BCUT2D eigenvalue weighted by atomic mass is 35.5. The van der Waals surface area contributed by atoms with Crippen LogP contribution in [-0.4, -0.2) is 45.4 Å². The van der Waals surface area contributed by atoms with Crippen molar-refractivity contribution in [2.24, 2.45) is 0 Å².